The van der Waals surface area contributed by atoms with Crippen molar-refractivity contribution in [2.45, 2.75) is 31.5 Å². The lowest BCUT2D eigenvalue weighted by Crippen LogP contribution is -2.37. The molecule has 0 aliphatic carbocycles. The van der Waals surface area contributed by atoms with Gasteiger partial charge in [-0.1, -0.05) is 30.3 Å². The van der Waals surface area contributed by atoms with Gasteiger partial charge in [-0.05, 0) is 12.5 Å². The molecule has 98 valence electrons. The number of hydrogen-bond donors (Lipinski definition) is 0. The number of carbonyl (C=O) groups is 1. The van der Waals surface area contributed by atoms with Crippen molar-refractivity contribution in [2.24, 2.45) is 0 Å². The van der Waals surface area contributed by atoms with Crippen LogP contribution in [0.25, 0.3) is 0 Å². The third-order valence-electron chi connectivity index (χ3n) is 2.84. The molecule has 1 heterocycles. The SMILES string of the molecule is CC1(C(=O)OCc2ccccc2)CC(F)(F)CO1. The summed E-state index contributed by atoms with van der Waals surface area (Å²) in [5.74, 6) is -3.70. The Morgan fingerprint density at radius 2 is 2.06 bits per heavy atom. The number of rotatable bonds is 3. The number of benzene rings is 1. The Bertz CT molecular complexity index is 433. The van der Waals surface area contributed by atoms with Crippen LogP contribution in [0, 0.1) is 0 Å². The standard InChI is InChI=1S/C13H14F2O3/c1-12(8-13(14,15)9-18-12)11(16)17-7-10-5-3-2-4-6-10/h2-6H,7-9H2,1H3. The van der Waals surface area contributed by atoms with Crippen molar-refractivity contribution in [1.29, 1.82) is 0 Å². The minimum Gasteiger partial charge on any atom is -0.459 e. The van der Waals surface area contributed by atoms with E-state index in [0.29, 0.717) is 0 Å². The van der Waals surface area contributed by atoms with E-state index >= 15 is 0 Å². The molecule has 0 radical (unpaired) electrons. The van der Waals surface area contributed by atoms with Gasteiger partial charge in [-0.3, -0.25) is 0 Å². The molecule has 3 nitrogen and oxygen atoms in total. The van der Waals surface area contributed by atoms with E-state index in [1.165, 1.54) is 6.92 Å². The molecule has 0 spiro atoms. The van der Waals surface area contributed by atoms with Gasteiger partial charge >= 0.3 is 5.97 Å². The first-order valence-electron chi connectivity index (χ1n) is 5.64. The van der Waals surface area contributed by atoms with Crippen LogP contribution < -0.4 is 0 Å². The normalized spacial score (nSPS) is 25.9. The summed E-state index contributed by atoms with van der Waals surface area (Å²) in [6, 6.07) is 9.04. The monoisotopic (exact) mass is 256 g/mol. The van der Waals surface area contributed by atoms with Crippen LogP contribution in [0.15, 0.2) is 30.3 Å². The molecule has 1 fully saturated rings. The second kappa shape index (κ2) is 4.65. The second-order valence-electron chi connectivity index (χ2n) is 4.61. The highest BCUT2D eigenvalue weighted by molar-refractivity contribution is 5.79. The first-order chi connectivity index (χ1) is 8.41. The highest BCUT2D eigenvalue weighted by Crippen LogP contribution is 2.37. The molecule has 1 aromatic rings. The van der Waals surface area contributed by atoms with E-state index < -0.39 is 30.5 Å². The minimum absolute atomic E-state index is 0.0597. The molecule has 1 aliphatic heterocycles. The van der Waals surface area contributed by atoms with E-state index in [-0.39, 0.29) is 6.61 Å². The molecule has 1 unspecified atom stereocenters. The zero-order valence-electron chi connectivity index (χ0n) is 9.99. The van der Waals surface area contributed by atoms with Gasteiger partial charge in [-0.25, -0.2) is 13.6 Å². The zero-order chi connectivity index (χ0) is 13.2. The Labute approximate surface area is 104 Å². The van der Waals surface area contributed by atoms with Crippen LogP contribution in [-0.2, 0) is 20.9 Å². The average Bonchev–Trinajstić information content (AvgIpc) is 2.63. The summed E-state index contributed by atoms with van der Waals surface area (Å²) in [7, 11) is 0. The van der Waals surface area contributed by atoms with Gasteiger partial charge in [-0.2, -0.15) is 0 Å². The smallest absolute Gasteiger partial charge is 0.338 e. The highest BCUT2D eigenvalue weighted by Gasteiger charge is 2.53. The summed E-state index contributed by atoms with van der Waals surface area (Å²) in [4.78, 5) is 11.7. The number of esters is 1. The topological polar surface area (TPSA) is 35.5 Å². The van der Waals surface area contributed by atoms with Crippen LogP contribution in [0.5, 0.6) is 0 Å². The van der Waals surface area contributed by atoms with Crippen LogP contribution in [-0.4, -0.2) is 24.1 Å². The maximum Gasteiger partial charge on any atom is 0.338 e. The Morgan fingerprint density at radius 3 is 2.61 bits per heavy atom. The van der Waals surface area contributed by atoms with Gasteiger partial charge in [0.2, 0.25) is 0 Å². The third-order valence-corrected chi connectivity index (χ3v) is 2.84. The Hall–Kier alpha value is -1.49. The van der Waals surface area contributed by atoms with Crippen LogP contribution in [0.1, 0.15) is 18.9 Å². The van der Waals surface area contributed by atoms with E-state index in [0.717, 1.165) is 5.56 Å². The molecule has 0 saturated carbocycles. The van der Waals surface area contributed by atoms with Crippen LogP contribution >= 0.6 is 0 Å². The van der Waals surface area contributed by atoms with Crippen LogP contribution in [0.4, 0.5) is 8.78 Å². The van der Waals surface area contributed by atoms with E-state index in [9.17, 15) is 13.6 Å². The van der Waals surface area contributed by atoms with Gasteiger partial charge in [0.15, 0.2) is 5.60 Å². The van der Waals surface area contributed by atoms with Crippen molar-refractivity contribution < 1.29 is 23.0 Å². The first-order valence-corrected chi connectivity index (χ1v) is 5.64. The fraction of sp³-hybridized carbons (Fsp3) is 0.462. The summed E-state index contributed by atoms with van der Waals surface area (Å²) >= 11 is 0. The molecule has 1 aromatic carbocycles. The van der Waals surface area contributed by atoms with Crippen LogP contribution in [0.3, 0.4) is 0 Å². The molecule has 0 amide bonds. The summed E-state index contributed by atoms with van der Waals surface area (Å²) in [6.45, 7) is 0.662. The lowest BCUT2D eigenvalue weighted by atomic mass is 10.0. The molecule has 0 bridgehead atoms. The first kappa shape index (κ1) is 13.0. The lowest BCUT2D eigenvalue weighted by molar-refractivity contribution is -0.166. The second-order valence-corrected chi connectivity index (χ2v) is 4.61. The lowest BCUT2D eigenvalue weighted by Gasteiger charge is -2.20. The summed E-state index contributed by atoms with van der Waals surface area (Å²) < 4.78 is 36.0. The minimum atomic E-state index is -2.96. The summed E-state index contributed by atoms with van der Waals surface area (Å²) in [6.07, 6.45) is -0.631. The zero-order valence-corrected chi connectivity index (χ0v) is 9.99. The summed E-state index contributed by atoms with van der Waals surface area (Å²) in [5.41, 5.74) is -0.739. The fourth-order valence-corrected chi connectivity index (χ4v) is 1.87. The summed E-state index contributed by atoms with van der Waals surface area (Å²) in [5, 5.41) is 0. The number of carbonyl (C=O) groups excluding carboxylic acids is 1. The Kier molecular flexibility index (Phi) is 3.34. The van der Waals surface area contributed by atoms with Gasteiger partial charge in [-0.15, -0.1) is 0 Å². The van der Waals surface area contributed by atoms with E-state index in [2.05, 4.69) is 0 Å². The molecular weight excluding hydrogens is 242 g/mol. The third kappa shape index (κ3) is 2.85. The molecule has 0 aromatic heterocycles. The molecule has 2 rings (SSSR count). The van der Waals surface area contributed by atoms with Crippen LogP contribution in [0.2, 0.25) is 0 Å². The largest absolute Gasteiger partial charge is 0.459 e. The van der Waals surface area contributed by atoms with Crippen molar-refractivity contribution in [3.8, 4) is 0 Å². The predicted octanol–water partition coefficient (Wildman–Crippen LogP) is 2.54. The molecule has 5 heteroatoms. The average molecular weight is 256 g/mol. The van der Waals surface area contributed by atoms with Gasteiger partial charge < -0.3 is 9.47 Å². The van der Waals surface area contributed by atoms with E-state index in [1.54, 1.807) is 12.1 Å². The molecule has 1 aliphatic rings. The maximum absolute atomic E-state index is 13.0. The molecule has 1 atom stereocenters. The van der Waals surface area contributed by atoms with Crippen molar-refractivity contribution in [2.75, 3.05) is 6.61 Å². The van der Waals surface area contributed by atoms with Crippen molar-refractivity contribution in [3.05, 3.63) is 35.9 Å². The Balaban J connectivity index is 1.93. The van der Waals surface area contributed by atoms with E-state index in [1.807, 2.05) is 18.2 Å². The van der Waals surface area contributed by atoms with E-state index in [4.69, 9.17) is 9.47 Å². The van der Waals surface area contributed by atoms with Gasteiger partial charge in [0.05, 0.1) is 6.42 Å². The van der Waals surface area contributed by atoms with Gasteiger partial charge in [0, 0.05) is 0 Å². The quantitative estimate of drug-likeness (QED) is 0.780. The maximum atomic E-state index is 13.0. The van der Waals surface area contributed by atoms with Crippen molar-refractivity contribution in [1.82, 2.24) is 0 Å². The van der Waals surface area contributed by atoms with Gasteiger partial charge in [0.25, 0.3) is 5.92 Å². The fourth-order valence-electron chi connectivity index (χ4n) is 1.87. The predicted molar refractivity (Wildman–Crippen MR) is 60.2 cm³/mol. The molecule has 0 N–H and O–H groups in total. The van der Waals surface area contributed by atoms with Crippen molar-refractivity contribution >= 4 is 5.97 Å². The number of ether oxygens (including phenoxy) is 2. The molecule has 1 saturated heterocycles. The van der Waals surface area contributed by atoms with Crippen molar-refractivity contribution in [3.63, 3.8) is 0 Å². The highest BCUT2D eigenvalue weighted by atomic mass is 19.3. The molecular formula is C13H14F2O3. The molecule has 18 heavy (non-hydrogen) atoms. The van der Waals surface area contributed by atoms with Gasteiger partial charge in [0.1, 0.15) is 13.2 Å². The number of alkyl halides is 2. The number of halogens is 2. The Morgan fingerprint density at radius 1 is 1.39 bits per heavy atom. The number of hydrogen-bond acceptors (Lipinski definition) is 3.